The largest absolute Gasteiger partial charge is 0.443 e. The number of thiol groups is 1. The Morgan fingerprint density at radius 2 is 1.85 bits per heavy atom. The third-order valence-corrected chi connectivity index (χ3v) is 11.6. The molecular weight excluding hydrogens is 851 g/mol. The van der Waals surface area contributed by atoms with Crippen molar-refractivity contribution >= 4 is 47.3 Å². The van der Waals surface area contributed by atoms with Gasteiger partial charge in [-0.2, -0.15) is 0 Å². The Morgan fingerprint density at radius 3 is 2.52 bits per heavy atom. The molecule has 2 aliphatic heterocycles. The number of aliphatic hydroxyl groups excluding tert-OH is 6. The number of anilines is 1. The summed E-state index contributed by atoms with van der Waals surface area (Å²) in [4.78, 5) is 13.6. The smallest absolute Gasteiger partial charge is 0.187 e. The minimum absolute atomic E-state index is 0.105. The monoisotopic (exact) mass is 917 g/mol. The zero-order chi connectivity index (χ0) is 45.3. The maximum Gasteiger partial charge on any atom is 0.187 e. The third kappa shape index (κ3) is 15.9. The Bertz CT molecular complexity index is 1700. The first-order valence-electron chi connectivity index (χ1n) is 21.0. The van der Waals surface area contributed by atoms with Gasteiger partial charge in [0, 0.05) is 49.4 Å². The number of oxazole rings is 1. The molecule has 3 aliphatic rings. The zero-order valence-corrected chi connectivity index (χ0v) is 37.7. The van der Waals surface area contributed by atoms with Crippen molar-refractivity contribution in [1.82, 2.24) is 15.0 Å². The van der Waals surface area contributed by atoms with Gasteiger partial charge < -0.3 is 84.0 Å². The van der Waals surface area contributed by atoms with Crippen LogP contribution in [0, 0.1) is 5.92 Å². The van der Waals surface area contributed by atoms with Crippen LogP contribution in [0.1, 0.15) is 73.1 Å². The topological polar surface area (TPSA) is 282 Å². The fourth-order valence-corrected chi connectivity index (χ4v) is 7.39. The molecule has 2 aromatic rings. The summed E-state index contributed by atoms with van der Waals surface area (Å²) in [5.41, 5.74) is 9.76. The Kier molecular flexibility index (Phi) is 22.3. The van der Waals surface area contributed by atoms with Gasteiger partial charge in [0.1, 0.15) is 54.0 Å². The molecular formula is C41H67N5O14S2. The predicted molar refractivity (Wildman–Crippen MR) is 234 cm³/mol. The Hall–Kier alpha value is -2.42. The lowest BCUT2D eigenvalue weighted by molar-refractivity contribution is -0.330. The lowest BCUT2D eigenvalue weighted by atomic mass is 9.93. The van der Waals surface area contributed by atoms with Crippen molar-refractivity contribution in [2.75, 3.05) is 37.6 Å². The molecule has 3 heterocycles. The number of aliphatic hydroxyl groups is 6. The summed E-state index contributed by atoms with van der Waals surface area (Å²) in [6.07, 6.45) is -6.33. The van der Waals surface area contributed by atoms with Crippen LogP contribution in [-0.4, -0.2) is 148 Å². The van der Waals surface area contributed by atoms with E-state index in [-0.39, 0.29) is 44.4 Å². The number of carbonyl (C=O) groups is 1. The lowest BCUT2D eigenvalue weighted by Crippen LogP contribution is -2.60. The van der Waals surface area contributed by atoms with Crippen molar-refractivity contribution in [3.63, 3.8) is 0 Å². The number of ketones is 1. The van der Waals surface area contributed by atoms with Crippen molar-refractivity contribution in [2.24, 2.45) is 11.7 Å². The van der Waals surface area contributed by atoms with Gasteiger partial charge in [-0.05, 0) is 69.7 Å². The van der Waals surface area contributed by atoms with E-state index in [1.54, 1.807) is 6.92 Å². The predicted octanol–water partition coefficient (Wildman–Crippen LogP) is 1.97. The van der Waals surface area contributed by atoms with Crippen LogP contribution in [0.25, 0.3) is 11.1 Å². The number of carbonyl (C=O) groups excluding carboxylic acids is 1. The fourth-order valence-electron chi connectivity index (χ4n) is 6.44. The van der Waals surface area contributed by atoms with Gasteiger partial charge in [-0.15, -0.1) is 12.6 Å². The molecule has 0 amide bonds. The number of nitrogens with zero attached hydrogens (tertiary/aromatic N) is 1. The number of hydrogen-bond acceptors (Lipinski definition) is 21. The van der Waals surface area contributed by atoms with Crippen LogP contribution in [0.4, 0.5) is 5.69 Å². The van der Waals surface area contributed by atoms with E-state index < -0.39 is 80.4 Å². The fraction of sp³-hybridized carbons (Fsp3) is 0.707. The summed E-state index contributed by atoms with van der Waals surface area (Å²) < 4.78 is 47.4. The number of benzene rings is 1. The highest BCUT2D eigenvalue weighted by Crippen LogP contribution is 2.32. The average Bonchev–Trinajstić information content (AvgIpc) is 3.70. The van der Waals surface area contributed by atoms with Gasteiger partial charge in [0.2, 0.25) is 0 Å². The van der Waals surface area contributed by atoms with Gasteiger partial charge in [-0.25, -0.2) is 9.71 Å². The van der Waals surface area contributed by atoms with E-state index in [2.05, 4.69) is 32.4 Å². The van der Waals surface area contributed by atoms with Crippen LogP contribution in [0.3, 0.4) is 0 Å². The first-order chi connectivity index (χ1) is 29.6. The second-order valence-electron chi connectivity index (χ2n) is 15.7. The van der Waals surface area contributed by atoms with Crippen LogP contribution in [0.2, 0.25) is 0 Å². The van der Waals surface area contributed by atoms with E-state index in [1.807, 2.05) is 38.1 Å². The summed E-state index contributed by atoms with van der Waals surface area (Å²) in [6, 6.07) is 5.53. The molecule has 2 fully saturated rings. The number of fused-ring (bicyclic) bond motifs is 1. The van der Waals surface area contributed by atoms with Crippen LogP contribution in [-0.2, 0) is 33.2 Å². The molecule has 1 aliphatic carbocycles. The molecule has 5 rings (SSSR count). The molecule has 0 radical (unpaired) electrons. The molecule has 13 atom stereocenters. The molecule has 21 heteroatoms. The molecule has 0 spiro atoms. The van der Waals surface area contributed by atoms with Crippen LogP contribution in [0.15, 0.2) is 51.4 Å². The number of hydrogen-bond donors (Lipinski definition) is 11. The Morgan fingerprint density at radius 1 is 1.11 bits per heavy atom. The Labute approximate surface area is 372 Å². The Balaban J connectivity index is 0.00000202. The summed E-state index contributed by atoms with van der Waals surface area (Å²) in [7, 11) is 0. The molecule has 1 saturated heterocycles. The second-order valence-corrected chi connectivity index (χ2v) is 16.9. The highest BCUT2D eigenvalue weighted by Gasteiger charge is 2.46. The van der Waals surface area contributed by atoms with Crippen molar-refractivity contribution < 1.29 is 68.3 Å². The van der Waals surface area contributed by atoms with Crippen molar-refractivity contribution in [2.45, 2.75) is 147 Å². The SMILES string of the molecule is CC(C)=O.CCC(C)[C@@H](O)C(OCCN)OC(CO)[C@H](C)OC1OC(CO[C@@H]2CC=C(NC(S)=C3CCC3)C(CC(O)CNSNc3ccc4ocnc4c3)O2)C(O)C(O)C1O. The molecule has 11 N–H and O–H groups in total. The number of allylic oxidation sites excluding steroid dienone is 1. The highest BCUT2D eigenvalue weighted by molar-refractivity contribution is 7.98. The van der Waals surface area contributed by atoms with Crippen LogP contribution in [0.5, 0.6) is 0 Å². The molecule has 62 heavy (non-hydrogen) atoms. The van der Waals surface area contributed by atoms with Gasteiger partial charge in [0.05, 0.1) is 37.1 Å². The number of aromatic nitrogens is 1. The molecule has 1 saturated carbocycles. The maximum atomic E-state index is 11.0. The van der Waals surface area contributed by atoms with Crippen molar-refractivity contribution in [3.05, 3.63) is 47.0 Å². The van der Waals surface area contributed by atoms with Gasteiger partial charge in [-0.3, -0.25) is 0 Å². The summed E-state index contributed by atoms with van der Waals surface area (Å²) in [5, 5.41) is 68.6. The molecule has 1 aromatic carbocycles. The van der Waals surface area contributed by atoms with E-state index in [1.165, 1.54) is 37.9 Å². The van der Waals surface area contributed by atoms with E-state index in [0.29, 0.717) is 18.4 Å². The molecule has 10 unspecified atom stereocenters. The van der Waals surface area contributed by atoms with Gasteiger partial charge in [0.15, 0.2) is 30.8 Å². The quantitative estimate of drug-likeness (QED) is 0.0311. The molecule has 352 valence electrons. The lowest BCUT2D eigenvalue weighted by Gasteiger charge is -2.42. The number of rotatable bonds is 24. The van der Waals surface area contributed by atoms with Crippen LogP contribution >= 0.6 is 24.8 Å². The number of Topliss-reactive ketones (excluding diaryl/α,β-unsaturated/α-hetero) is 1. The molecule has 1 aromatic heterocycles. The van der Waals surface area contributed by atoms with Gasteiger partial charge in [-0.1, -0.05) is 26.3 Å². The minimum Gasteiger partial charge on any atom is -0.443 e. The second kappa shape index (κ2) is 26.5. The number of ether oxygens (including phenoxy) is 6. The van der Waals surface area contributed by atoms with E-state index >= 15 is 0 Å². The molecule has 0 bridgehead atoms. The first kappa shape index (κ1) is 52.2. The summed E-state index contributed by atoms with van der Waals surface area (Å²) >= 11 is 5.89. The highest BCUT2D eigenvalue weighted by atomic mass is 32.2. The third-order valence-electron chi connectivity index (χ3n) is 10.5. The number of nitrogens with one attached hydrogen (secondary N) is 3. The standard InChI is InChI=1S/C38H61N5O13S2.C3H6O/c1-4-20(2)32(46)37(50-13-12-39)55-29(17-44)21(3)53-38-35(49)34(48)33(47)30(56-38)18-51-31-11-9-25(42-36(57)22-6-5-7-22)28(54-31)15-24(45)16-41-58-43-23-8-10-27-26(14-23)40-19-52-27;1-3(2)4/h8-10,14,19-21,24,28-35,37-38,41-49,57H,4-7,11-13,15-18,39H2,1-3H3;1-2H3/t20?,21-,24?,28?,29?,30?,31-,32+,33?,34?,35?,37?,38?;/m0./s1. The van der Waals surface area contributed by atoms with E-state index in [4.69, 9.17) is 38.6 Å². The first-order valence-corrected chi connectivity index (χ1v) is 22.3. The van der Waals surface area contributed by atoms with Gasteiger partial charge in [0.25, 0.3) is 0 Å². The summed E-state index contributed by atoms with van der Waals surface area (Å²) in [6.45, 7) is 8.10. The zero-order valence-electron chi connectivity index (χ0n) is 36.0. The molecule has 19 nitrogen and oxygen atoms in total. The maximum absolute atomic E-state index is 11.0. The minimum atomic E-state index is -1.66. The van der Waals surface area contributed by atoms with Crippen molar-refractivity contribution in [1.29, 1.82) is 0 Å². The van der Waals surface area contributed by atoms with Gasteiger partial charge >= 0.3 is 0 Å². The van der Waals surface area contributed by atoms with E-state index in [0.717, 1.165) is 41.2 Å². The number of nitrogens with two attached hydrogens (primary N) is 1. The average molecular weight is 918 g/mol. The summed E-state index contributed by atoms with van der Waals surface area (Å²) in [5.74, 6) is -0.0196. The van der Waals surface area contributed by atoms with Crippen LogP contribution < -0.4 is 20.5 Å². The van der Waals surface area contributed by atoms with E-state index in [9.17, 15) is 35.4 Å². The normalized spacial score (nSPS) is 26.8. The van der Waals surface area contributed by atoms with Crippen molar-refractivity contribution in [3.8, 4) is 0 Å².